The van der Waals surface area contributed by atoms with Crippen molar-refractivity contribution in [2.45, 2.75) is 19.1 Å². The molecule has 1 saturated heterocycles. The minimum absolute atomic E-state index is 0.0870. The Kier molecular flexibility index (Phi) is 3.38. The van der Waals surface area contributed by atoms with Crippen LogP contribution in [0.4, 0.5) is 0 Å². The van der Waals surface area contributed by atoms with E-state index in [1.54, 1.807) is 36.9 Å². The van der Waals surface area contributed by atoms with Crippen molar-refractivity contribution in [1.82, 2.24) is 9.47 Å². The van der Waals surface area contributed by atoms with E-state index in [4.69, 9.17) is 9.84 Å². The van der Waals surface area contributed by atoms with Gasteiger partial charge in [-0.25, -0.2) is 4.79 Å². The lowest BCUT2D eigenvalue weighted by atomic mass is 10.2. The van der Waals surface area contributed by atoms with Crippen LogP contribution in [-0.4, -0.2) is 51.7 Å². The average Bonchev–Trinajstić information content (AvgIpc) is 2.73. The number of aliphatic carboxylic acids is 1. The lowest BCUT2D eigenvalue weighted by Gasteiger charge is -2.34. The fourth-order valence-electron chi connectivity index (χ4n) is 2.10. The molecule has 6 nitrogen and oxygen atoms in total. The monoisotopic (exact) mass is 252 g/mol. The van der Waals surface area contributed by atoms with E-state index in [-0.39, 0.29) is 18.6 Å². The summed E-state index contributed by atoms with van der Waals surface area (Å²) in [7, 11) is 1.78. The highest BCUT2D eigenvalue weighted by Crippen LogP contribution is 2.15. The Morgan fingerprint density at radius 1 is 1.44 bits per heavy atom. The molecule has 0 radical (unpaired) electrons. The summed E-state index contributed by atoms with van der Waals surface area (Å²) < 4.78 is 7.00. The van der Waals surface area contributed by atoms with E-state index in [1.807, 2.05) is 0 Å². The Morgan fingerprint density at radius 2 is 2.17 bits per heavy atom. The first kappa shape index (κ1) is 12.6. The summed E-state index contributed by atoms with van der Waals surface area (Å²) in [6.07, 6.45) is 0.563. The maximum absolute atomic E-state index is 12.3. The zero-order valence-corrected chi connectivity index (χ0v) is 10.4. The Hall–Kier alpha value is -1.82. The predicted molar refractivity (Wildman–Crippen MR) is 63.3 cm³/mol. The Morgan fingerprint density at radius 3 is 2.72 bits per heavy atom. The first-order valence-corrected chi connectivity index (χ1v) is 5.78. The van der Waals surface area contributed by atoms with Gasteiger partial charge in [0.25, 0.3) is 5.91 Å². The molecule has 2 rings (SSSR count). The van der Waals surface area contributed by atoms with Crippen molar-refractivity contribution < 1.29 is 19.4 Å². The molecule has 18 heavy (non-hydrogen) atoms. The summed E-state index contributed by atoms with van der Waals surface area (Å²) in [5.41, 5.74) is 0.549. The van der Waals surface area contributed by atoms with Gasteiger partial charge in [0, 0.05) is 19.8 Å². The van der Waals surface area contributed by atoms with Gasteiger partial charge in [0.05, 0.1) is 12.6 Å². The van der Waals surface area contributed by atoms with E-state index in [2.05, 4.69) is 0 Å². The van der Waals surface area contributed by atoms with Crippen molar-refractivity contribution in [3.05, 3.63) is 24.0 Å². The van der Waals surface area contributed by atoms with Crippen molar-refractivity contribution >= 4 is 11.9 Å². The van der Waals surface area contributed by atoms with Gasteiger partial charge in [-0.15, -0.1) is 0 Å². The number of hydrogen-bond donors (Lipinski definition) is 1. The van der Waals surface area contributed by atoms with Gasteiger partial charge in [0.15, 0.2) is 6.10 Å². The second-order valence-corrected chi connectivity index (χ2v) is 4.49. The Balaban J connectivity index is 2.15. The number of hydrogen-bond acceptors (Lipinski definition) is 3. The summed E-state index contributed by atoms with van der Waals surface area (Å²) in [5.74, 6) is -1.20. The van der Waals surface area contributed by atoms with Crippen LogP contribution in [0.5, 0.6) is 0 Å². The second kappa shape index (κ2) is 4.81. The van der Waals surface area contributed by atoms with Crippen molar-refractivity contribution in [2.75, 3.05) is 13.1 Å². The molecule has 0 spiro atoms. The number of nitrogens with zero attached hydrogens (tertiary/aromatic N) is 2. The van der Waals surface area contributed by atoms with Crippen LogP contribution in [0, 0.1) is 0 Å². The van der Waals surface area contributed by atoms with Gasteiger partial charge >= 0.3 is 5.97 Å². The van der Waals surface area contributed by atoms with Crippen LogP contribution in [0.2, 0.25) is 0 Å². The number of carbonyl (C=O) groups is 2. The molecule has 6 heteroatoms. The van der Waals surface area contributed by atoms with Gasteiger partial charge in [-0.05, 0) is 19.1 Å². The normalized spacial score (nSPS) is 24.0. The summed E-state index contributed by atoms with van der Waals surface area (Å²) in [5, 5.41) is 8.97. The van der Waals surface area contributed by atoms with E-state index < -0.39 is 12.1 Å². The van der Waals surface area contributed by atoms with Gasteiger partial charge in [0.1, 0.15) is 5.69 Å². The number of carbonyl (C=O) groups excluding carboxylic acids is 1. The number of aromatic nitrogens is 1. The second-order valence-electron chi connectivity index (χ2n) is 4.49. The highest BCUT2D eigenvalue weighted by atomic mass is 16.5. The molecule has 1 aliphatic rings. The number of aryl methyl sites for hydroxylation is 1. The minimum Gasteiger partial charge on any atom is -0.479 e. The molecular formula is C12H16N2O4. The first-order chi connectivity index (χ1) is 8.49. The molecule has 1 amide bonds. The standard InChI is InChI=1S/C12H16N2O4/c1-8-6-14(7-10(18-8)12(16)17)11(15)9-4-3-5-13(9)2/h3-5,8,10H,6-7H2,1-2H3,(H,16,17)/t8-,10?/m1/s1. The summed E-state index contributed by atoms with van der Waals surface area (Å²) in [4.78, 5) is 24.7. The molecule has 1 aliphatic heterocycles. The molecule has 98 valence electrons. The molecule has 1 unspecified atom stereocenters. The molecule has 1 aromatic rings. The SMILES string of the molecule is C[C@@H]1CN(C(=O)c2cccn2C)CC(C(=O)O)O1. The highest BCUT2D eigenvalue weighted by molar-refractivity contribution is 5.93. The fraction of sp³-hybridized carbons (Fsp3) is 0.500. The van der Waals surface area contributed by atoms with Crippen LogP contribution in [-0.2, 0) is 16.6 Å². The molecule has 0 aromatic carbocycles. The van der Waals surface area contributed by atoms with Gasteiger partial charge in [-0.1, -0.05) is 0 Å². The largest absolute Gasteiger partial charge is 0.479 e. The molecule has 0 aliphatic carbocycles. The van der Waals surface area contributed by atoms with Crippen LogP contribution in [0.3, 0.4) is 0 Å². The lowest BCUT2D eigenvalue weighted by Crippen LogP contribution is -2.52. The number of amides is 1. The number of ether oxygens (including phenoxy) is 1. The van der Waals surface area contributed by atoms with Crippen LogP contribution in [0.1, 0.15) is 17.4 Å². The fourth-order valence-corrected chi connectivity index (χ4v) is 2.10. The quantitative estimate of drug-likeness (QED) is 0.823. The van der Waals surface area contributed by atoms with Crippen LogP contribution < -0.4 is 0 Å². The first-order valence-electron chi connectivity index (χ1n) is 5.78. The Bertz CT molecular complexity index is 468. The van der Waals surface area contributed by atoms with Crippen LogP contribution in [0.15, 0.2) is 18.3 Å². The zero-order chi connectivity index (χ0) is 13.3. The molecular weight excluding hydrogens is 236 g/mol. The maximum atomic E-state index is 12.3. The third-order valence-corrected chi connectivity index (χ3v) is 2.99. The van der Waals surface area contributed by atoms with E-state index in [0.29, 0.717) is 12.2 Å². The van der Waals surface area contributed by atoms with Crippen molar-refractivity contribution in [1.29, 1.82) is 0 Å². The third kappa shape index (κ3) is 2.38. The van der Waals surface area contributed by atoms with Gasteiger partial charge in [-0.3, -0.25) is 4.79 Å². The third-order valence-electron chi connectivity index (χ3n) is 2.99. The summed E-state index contributed by atoms with van der Waals surface area (Å²) >= 11 is 0. The molecule has 0 saturated carbocycles. The molecule has 1 fully saturated rings. The summed E-state index contributed by atoms with van der Waals surface area (Å²) in [6.45, 7) is 2.26. The summed E-state index contributed by atoms with van der Waals surface area (Å²) in [6, 6.07) is 3.50. The topological polar surface area (TPSA) is 71.8 Å². The molecule has 0 bridgehead atoms. The van der Waals surface area contributed by atoms with E-state index in [9.17, 15) is 9.59 Å². The zero-order valence-electron chi connectivity index (χ0n) is 10.4. The van der Waals surface area contributed by atoms with Gasteiger partial charge < -0.3 is 19.3 Å². The number of carboxylic acids is 1. The molecule has 1 aromatic heterocycles. The Labute approximate surface area is 105 Å². The average molecular weight is 252 g/mol. The van der Waals surface area contributed by atoms with Crippen LogP contribution >= 0.6 is 0 Å². The smallest absolute Gasteiger partial charge is 0.334 e. The van der Waals surface area contributed by atoms with Crippen molar-refractivity contribution in [3.8, 4) is 0 Å². The predicted octanol–water partition coefficient (Wildman–Crippen LogP) is 0.339. The van der Waals surface area contributed by atoms with Crippen molar-refractivity contribution in [3.63, 3.8) is 0 Å². The maximum Gasteiger partial charge on any atom is 0.334 e. The van der Waals surface area contributed by atoms with Gasteiger partial charge in [0.2, 0.25) is 0 Å². The molecule has 2 heterocycles. The number of rotatable bonds is 2. The van der Waals surface area contributed by atoms with Crippen LogP contribution in [0.25, 0.3) is 0 Å². The number of morpholine rings is 1. The van der Waals surface area contributed by atoms with Gasteiger partial charge in [-0.2, -0.15) is 0 Å². The lowest BCUT2D eigenvalue weighted by molar-refractivity contribution is -0.160. The molecule has 2 atom stereocenters. The van der Waals surface area contributed by atoms with Crippen molar-refractivity contribution in [2.24, 2.45) is 7.05 Å². The number of carboxylic acid groups (broad SMARTS) is 1. The van der Waals surface area contributed by atoms with E-state index >= 15 is 0 Å². The highest BCUT2D eigenvalue weighted by Gasteiger charge is 2.33. The van der Waals surface area contributed by atoms with E-state index in [1.165, 1.54) is 4.90 Å². The molecule has 1 N–H and O–H groups in total. The van der Waals surface area contributed by atoms with E-state index in [0.717, 1.165) is 0 Å². The minimum atomic E-state index is -1.04.